The number of halogens is 2. The molecule has 0 atom stereocenters. The van der Waals surface area contributed by atoms with E-state index >= 15 is 0 Å². The quantitative estimate of drug-likeness (QED) is 0.425. The van der Waals surface area contributed by atoms with Gasteiger partial charge in [0.15, 0.2) is 0 Å². The molecule has 0 saturated carbocycles. The van der Waals surface area contributed by atoms with Crippen LogP contribution >= 0.6 is 35.0 Å². The van der Waals surface area contributed by atoms with E-state index < -0.39 is 0 Å². The van der Waals surface area contributed by atoms with Gasteiger partial charge in [-0.15, -0.1) is 11.8 Å². The highest BCUT2D eigenvalue weighted by Crippen LogP contribution is 2.25. The maximum Gasteiger partial charge on any atom is 0.255 e. The molecule has 0 bridgehead atoms. The lowest BCUT2D eigenvalue weighted by Crippen LogP contribution is -2.14. The molecule has 3 rings (SSSR count). The average molecular weight is 461 g/mol. The lowest BCUT2D eigenvalue weighted by atomic mass is 10.2. The number of hydrogen-bond acceptors (Lipinski definition) is 4. The van der Waals surface area contributed by atoms with Crippen molar-refractivity contribution in [1.29, 1.82) is 0 Å². The van der Waals surface area contributed by atoms with Crippen LogP contribution in [-0.2, 0) is 4.79 Å². The van der Waals surface area contributed by atoms with E-state index in [1.165, 1.54) is 11.8 Å². The predicted molar refractivity (Wildman–Crippen MR) is 123 cm³/mol. The first kappa shape index (κ1) is 22.0. The van der Waals surface area contributed by atoms with Gasteiger partial charge < -0.3 is 15.4 Å². The summed E-state index contributed by atoms with van der Waals surface area (Å²) in [6.45, 7) is 0. The highest BCUT2D eigenvalue weighted by atomic mass is 35.5. The highest BCUT2D eigenvalue weighted by molar-refractivity contribution is 8.00. The molecule has 0 heterocycles. The van der Waals surface area contributed by atoms with Crippen LogP contribution < -0.4 is 15.4 Å². The molecule has 0 aromatic heterocycles. The van der Waals surface area contributed by atoms with Crippen molar-refractivity contribution in [3.8, 4) is 5.75 Å². The van der Waals surface area contributed by atoms with Crippen molar-refractivity contribution in [1.82, 2.24) is 0 Å². The molecule has 0 spiro atoms. The minimum atomic E-state index is -0.244. The monoisotopic (exact) mass is 460 g/mol. The van der Waals surface area contributed by atoms with Gasteiger partial charge in [0, 0.05) is 31.9 Å². The second kappa shape index (κ2) is 10.4. The summed E-state index contributed by atoms with van der Waals surface area (Å²) >= 11 is 13.2. The minimum absolute atomic E-state index is 0.191. The molecule has 154 valence electrons. The number of thioether (sulfide) groups is 1. The molecular formula is C22H18Cl2N2O3S. The van der Waals surface area contributed by atoms with Crippen LogP contribution in [0.1, 0.15) is 10.4 Å². The normalized spacial score (nSPS) is 10.4. The van der Waals surface area contributed by atoms with Crippen LogP contribution in [0, 0.1) is 0 Å². The van der Waals surface area contributed by atoms with E-state index in [0.29, 0.717) is 32.7 Å². The molecule has 3 aromatic carbocycles. The van der Waals surface area contributed by atoms with Crippen LogP contribution in [0.25, 0.3) is 0 Å². The molecule has 8 heteroatoms. The summed E-state index contributed by atoms with van der Waals surface area (Å²) in [4.78, 5) is 25.5. The first-order valence-corrected chi connectivity index (χ1v) is 10.6. The lowest BCUT2D eigenvalue weighted by Gasteiger charge is -2.09. The summed E-state index contributed by atoms with van der Waals surface area (Å²) in [7, 11) is 1.55. The third kappa shape index (κ3) is 6.42. The number of methoxy groups -OCH3 is 1. The molecule has 0 saturated heterocycles. The zero-order valence-corrected chi connectivity index (χ0v) is 18.3. The number of ether oxygens (including phenoxy) is 1. The fraction of sp³-hybridized carbons (Fsp3) is 0.0909. The molecule has 2 amide bonds. The lowest BCUT2D eigenvalue weighted by molar-refractivity contribution is -0.113. The molecule has 30 heavy (non-hydrogen) atoms. The second-order valence-electron chi connectivity index (χ2n) is 6.21. The number of carbonyl (C=O) groups excluding carboxylic acids is 2. The number of nitrogens with one attached hydrogen (secondary N) is 2. The van der Waals surface area contributed by atoms with E-state index in [4.69, 9.17) is 27.9 Å². The highest BCUT2D eigenvalue weighted by Gasteiger charge is 2.09. The zero-order valence-electron chi connectivity index (χ0n) is 15.9. The Morgan fingerprint density at radius 2 is 1.63 bits per heavy atom. The van der Waals surface area contributed by atoms with E-state index in [0.717, 1.165) is 4.90 Å². The topological polar surface area (TPSA) is 67.4 Å². The Balaban J connectivity index is 1.58. The number of benzene rings is 3. The van der Waals surface area contributed by atoms with Gasteiger partial charge in [-0.3, -0.25) is 9.59 Å². The Bertz CT molecular complexity index is 1060. The van der Waals surface area contributed by atoms with Gasteiger partial charge in [0.2, 0.25) is 5.91 Å². The molecule has 3 aromatic rings. The van der Waals surface area contributed by atoms with Gasteiger partial charge in [-0.2, -0.15) is 0 Å². The van der Waals surface area contributed by atoms with Gasteiger partial charge in [-0.05, 0) is 54.6 Å². The maximum atomic E-state index is 12.5. The third-order valence-electron chi connectivity index (χ3n) is 3.94. The molecule has 0 aliphatic heterocycles. The Labute approximate surface area is 188 Å². The van der Waals surface area contributed by atoms with E-state index in [2.05, 4.69) is 10.6 Å². The van der Waals surface area contributed by atoms with E-state index in [1.807, 2.05) is 18.2 Å². The largest absolute Gasteiger partial charge is 0.497 e. The Morgan fingerprint density at radius 3 is 2.37 bits per heavy atom. The Kier molecular flexibility index (Phi) is 7.63. The standard InChI is InChI=1S/C22H18Cl2N2O3S/c1-29-19-6-2-4-14(8-19)22(28)26-17-5-3-7-20(12-17)30-13-21(27)25-18-10-15(23)9-16(24)11-18/h2-12H,13H2,1H3,(H,25,27)(H,26,28). The number of carbonyl (C=O) groups is 2. The fourth-order valence-corrected chi connectivity index (χ4v) is 3.88. The molecule has 5 nitrogen and oxygen atoms in total. The van der Waals surface area contributed by atoms with Gasteiger partial charge in [-0.25, -0.2) is 0 Å². The number of hydrogen-bond donors (Lipinski definition) is 2. The van der Waals surface area contributed by atoms with Crippen LogP contribution in [0.5, 0.6) is 5.75 Å². The summed E-state index contributed by atoms with van der Waals surface area (Å²) in [6.07, 6.45) is 0. The van der Waals surface area contributed by atoms with Gasteiger partial charge >= 0.3 is 0 Å². The first-order valence-electron chi connectivity index (χ1n) is 8.87. The van der Waals surface area contributed by atoms with Crippen LogP contribution in [0.15, 0.2) is 71.6 Å². The van der Waals surface area contributed by atoms with Crippen molar-refractivity contribution < 1.29 is 14.3 Å². The average Bonchev–Trinajstić information content (AvgIpc) is 2.72. The van der Waals surface area contributed by atoms with E-state index in [1.54, 1.807) is 55.6 Å². The van der Waals surface area contributed by atoms with Crippen LogP contribution in [-0.4, -0.2) is 24.7 Å². The number of anilines is 2. The van der Waals surface area contributed by atoms with Crippen LogP contribution in [0.3, 0.4) is 0 Å². The smallest absolute Gasteiger partial charge is 0.255 e. The molecule has 2 N–H and O–H groups in total. The van der Waals surface area contributed by atoms with Gasteiger partial charge in [0.1, 0.15) is 5.75 Å². The van der Waals surface area contributed by atoms with Crippen molar-refractivity contribution in [2.75, 3.05) is 23.5 Å². The first-order chi connectivity index (χ1) is 14.4. The van der Waals surface area contributed by atoms with Crippen molar-refractivity contribution in [3.05, 3.63) is 82.3 Å². The predicted octanol–water partition coefficient (Wildman–Crippen LogP) is 5.99. The van der Waals surface area contributed by atoms with Crippen LogP contribution in [0.4, 0.5) is 11.4 Å². The molecule has 0 unspecified atom stereocenters. The summed E-state index contributed by atoms with van der Waals surface area (Å²) in [5.74, 6) is 0.368. The molecular weight excluding hydrogens is 443 g/mol. The van der Waals surface area contributed by atoms with Crippen molar-refractivity contribution in [2.45, 2.75) is 4.90 Å². The minimum Gasteiger partial charge on any atom is -0.497 e. The summed E-state index contributed by atoms with van der Waals surface area (Å²) in [6, 6.07) is 19.1. The van der Waals surface area contributed by atoms with Crippen molar-refractivity contribution in [2.24, 2.45) is 0 Å². The SMILES string of the molecule is COc1cccc(C(=O)Nc2cccc(SCC(=O)Nc3cc(Cl)cc(Cl)c3)c2)c1. The summed E-state index contributed by atoms with van der Waals surface area (Å²) < 4.78 is 5.15. The van der Waals surface area contributed by atoms with E-state index in [-0.39, 0.29) is 17.6 Å². The van der Waals surface area contributed by atoms with Crippen molar-refractivity contribution in [3.63, 3.8) is 0 Å². The van der Waals surface area contributed by atoms with Gasteiger partial charge in [0.25, 0.3) is 5.91 Å². The maximum absolute atomic E-state index is 12.5. The van der Waals surface area contributed by atoms with Gasteiger partial charge in [0.05, 0.1) is 12.9 Å². The number of rotatable bonds is 7. The molecule has 0 aliphatic carbocycles. The molecule has 0 aliphatic rings. The van der Waals surface area contributed by atoms with E-state index in [9.17, 15) is 9.59 Å². The zero-order chi connectivity index (χ0) is 21.5. The van der Waals surface area contributed by atoms with Gasteiger partial charge in [-0.1, -0.05) is 35.3 Å². The Morgan fingerprint density at radius 1 is 0.900 bits per heavy atom. The fourth-order valence-electron chi connectivity index (χ4n) is 2.60. The Hall–Kier alpha value is -2.67. The second-order valence-corrected chi connectivity index (χ2v) is 8.13. The molecule has 0 radical (unpaired) electrons. The third-order valence-corrected chi connectivity index (χ3v) is 5.37. The number of amides is 2. The molecule has 0 fully saturated rings. The van der Waals surface area contributed by atoms with Crippen LogP contribution in [0.2, 0.25) is 10.0 Å². The summed E-state index contributed by atoms with van der Waals surface area (Å²) in [5.41, 5.74) is 1.67. The summed E-state index contributed by atoms with van der Waals surface area (Å²) in [5, 5.41) is 6.51. The van der Waals surface area contributed by atoms with Crippen molar-refractivity contribution >= 4 is 58.2 Å².